The van der Waals surface area contributed by atoms with Gasteiger partial charge < -0.3 is 0 Å². The van der Waals surface area contributed by atoms with Crippen molar-refractivity contribution in [2.45, 2.75) is 6.42 Å². The number of benzene rings is 1. The second-order valence-corrected chi connectivity index (χ2v) is 4.48. The van der Waals surface area contributed by atoms with Crippen LogP contribution in [0.3, 0.4) is 0 Å². The molecular formula is C16H14N3O+. The normalized spacial score (nSPS) is 11.2. The molecule has 2 aromatic heterocycles. The van der Waals surface area contributed by atoms with E-state index in [1.807, 2.05) is 36.4 Å². The molecule has 98 valence electrons. The van der Waals surface area contributed by atoms with Gasteiger partial charge in [0.25, 0.3) is 0 Å². The lowest BCUT2D eigenvalue weighted by Gasteiger charge is -1.95. The topological polar surface area (TPSA) is 49.6 Å². The number of fused-ring (bicyclic) bond motifs is 1. The summed E-state index contributed by atoms with van der Waals surface area (Å²) >= 11 is 0. The standard InChI is InChI=1S/C16H13N3O/c20-16-18-15-14(9-4-10-17-15)12-19(16)11-5-8-13-6-2-1-3-7-13/h1-7,9-12H,8H2/p+1. The zero-order valence-corrected chi connectivity index (χ0v) is 10.9. The molecule has 0 bridgehead atoms. The smallest absolute Gasteiger partial charge is 0.217 e. The summed E-state index contributed by atoms with van der Waals surface area (Å²) in [6, 6.07) is 13.9. The van der Waals surface area contributed by atoms with Gasteiger partial charge in [-0.05, 0) is 30.2 Å². The van der Waals surface area contributed by atoms with Crippen LogP contribution in [-0.4, -0.2) is 9.97 Å². The van der Waals surface area contributed by atoms with Gasteiger partial charge in [-0.1, -0.05) is 30.3 Å². The first-order valence-electron chi connectivity index (χ1n) is 6.43. The van der Waals surface area contributed by atoms with Gasteiger partial charge in [-0.3, -0.25) is 0 Å². The second kappa shape index (κ2) is 5.48. The molecule has 0 amide bonds. The summed E-state index contributed by atoms with van der Waals surface area (Å²) in [5.74, 6) is 0. The van der Waals surface area contributed by atoms with Gasteiger partial charge in [0.05, 0.1) is 11.6 Å². The van der Waals surface area contributed by atoms with Crippen LogP contribution in [-0.2, 0) is 6.42 Å². The minimum atomic E-state index is -0.194. The molecule has 0 radical (unpaired) electrons. The summed E-state index contributed by atoms with van der Waals surface area (Å²) in [5.41, 5.74) is 1.62. The van der Waals surface area contributed by atoms with Gasteiger partial charge in [0.2, 0.25) is 5.65 Å². The number of allylic oxidation sites excluding steroid dienone is 1. The number of nitrogens with zero attached hydrogens (tertiary/aromatic N) is 2. The van der Waals surface area contributed by atoms with E-state index in [1.165, 1.54) is 10.1 Å². The molecule has 0 unspecified atom stereocenters. The zero-order chi connectivity index (χ0) is 13.8. The first-order chi connectivity index (χ1) is 9.83. The Balaban J connectivity index is 1.87. The van der Waals surface area contributed by atoms with Gasteiger partial charge in [0.15, 0.2) is 0 Å². The molecule has 3 aromatic rings. The van der Waals surface area contributed by atoms with Crippen molar-refractivity contribution in [3.8, 4) is 0 Å². The molecule has 0 aliphatic rings. The fourth-order valence-electron chi connectivity index (χ4n) is 2.03. The van der Waals surface area contributed by atoms with E-state index in [1.54, 1.807) is 18.6 Å². The Hall–Kier alpha value is -2.75. The Bertz CT molecular complexity index is 807. The van der Waals surface area contributed by atoms with Crippen LogP contribution in [0, 0.1) is 0 Å². The van der Waals surface area contributed by atoms with Gasteiger partial charge in [0.1, 0.15) is 6.20 Å². The summed E-state index contributed by atoms with van der Waals surface area (Å²) in [4.78, 5) is 18.8. The van der Waals surface area contributed by atoms with Crippen molar-refractivity contribution >= 4 is 17.2 Å². The highest BCUT2D eigenvalue weighted by molar-refractivity contribution is 5.71. The lowest BCUT2D eigenvalue weighted by Crippen LogP contribution is -2.45. The van der Waals surface area contributed by atoms with E-state index in [-0.39, 0.29) is 5.69 Å². The highest BCUT2D eigenvalue weighted by Gasteiger charge is 2.05. The summed E-state index contributed by atoms with van der Waals surface area (Å²) < 4.78 is 1.53. The third kappa shape index (κ3) is 2.64. The van der Waals surface area contributed by atoms with Crippen LogP contribution in [0.2, 0.25) is 0 Å². The molecule has 0 aliphatic carbocycles. The molecule has 0 spiro atoms. The van der Waals surface area contributed by atoms with Crippen molar-refractivity contribution in [3.05, 3.63) is 77.0 Å². The van der Waals surface area contributed by atoms with Gasteiger partial charge in [-0.2, -0.15) is 14.3 Å². The fraction of sp³-hybridized carbons (Fsp3) is 0.0625. The Morgan fingerprint density at radius 1 is 1.15 bits per heavy atom. The van der Waals surface area contributed by atoms with E-state index < -0.39 is 0 Å². The van der Waals surface area contributed by atoms with E-state index in [9.17, 15) is 4.79 Å². The van der Waals surface area contributed by atoms with Crippen LogP contribution >= 0.6 is 0 Å². The number of pyridine rings is 1. The average Bonchev–Trinajstić information content (AvgIpc) is 2.49. The lowest BCUT2D eigenvalue weighted by atomic mass is 10.1. The third-order valence-electron chi connectivity index (χ3n) is 3.04. The van der Waals surface area contributed by atoms with E-state index in [0.29, 0.717) is 5.65 Å². The molecule has 3 rings (SSSR count). The first kappa shape index (κ1) is 12.3. The van der Waals surface area contributed by atoms with Crippen LogP contribution in [0.25, 0.3) is 17.2 Å². The Kier molecular flexibility index (Phi) is 3.37. The van der Waals surface area contributed by atoms with Crippen molar-refractivity contribution in [3.63, 3.8) is 0 Å². The van der Waals surface area contributed by atoms with Crippen LogP contribution in [0.4, 0.5) is 0 Å². The molecular weight excluding hydrogens is 250 g/mol. The number of hydrogen-bond donors (Lipinski definition) is 1. The largest absolute Gasteiger partial charge is 0.502 e. The number of hydrogen-bond acceptors (Lipinski definition) is 2. The van der Waals surface area contributed by atoms with E-state index in [0.717, 1.165) is 11.8 Å². The Labute approximate surface area is 116 Å². The van der Waals surface area contributed by atoms with E-state index >= 15 is 0 Å². The minimum absolute atomic E-state index is 0.194. The van der Waals surface area contributed by atoms with Crippen LogP contribution in [0.15, 0.2) is 65.7 Å². The van der Waals surface area contributed by atoms with Crippen molar-refractivity contribution in [1.82, 2.24) is 9.97 Å². The highest BCUT2D eigenvalue weighted by atomic mass is 16.1. The first-order valence-corrected chi connectivity index (χ1v) is 6.43. The number of nitrogens with one attached hydrogen (secondary N) is 1. The maximum atomic E-state index is 11.9. The molecule has 0 atom stereocenters. The van der Waals surface area contributed by atoms with Gasteiger partial charge in [-0.25, -0.2) is 4.98 Å². The highest BCUT2D eigenvalue weighted by Crippen LogP contribution is 2.02. The minimum Gasteiger partial charge on any atom is -0.217 e. The second-order valence-electron chi connectivity index (χ2n) is 4.48. The number of aromatic nitrogens is 3. The van der Waals surface area contributed by atoms with Crippen molar-refractivity contribution in [2.24, 2.45) is 0 Å². The predicted molar refractivity (Wildman–Crippen MR) is 78.0 cm³/mol. The van der Waals surface area contributed by atoms with Crippen LogP contribution < -0.4 is 10.3 Å². The number of H-pyrrole nitrogens is 1. The van der Waals surface area contributed by atoms with Gasteiger partial charge in [0, 0.05) is 6.20 Å². The van der Waals surface area contributed by atoms with E-state index in [4.69, 9.17) is 0 Å². The van der Waals surface area contributed by atoms with Gasteiger partial charge in [-0.15, -0.1) is 0 Å². The van der Waals surface area contributed by atoms with Crippen LogP contribution in [0.1, 0.15) is 5.56 Å². The average molecular weight is 264 g/mol. The molecule has 0 aliphatic heterocycles. The number of aromatic amines is 1. The summed E-state index contributed by atoms with van der Waals surface area (Å²) in [7, 11) is 0. The maximum Gasteiger partial charge on any atom is 0.502 e. The molecule has 1 N–H and O–H groups in total. The lowest BCUT2D eigenvalue weighted by molar-refractivity contribution is -0.586. The summed E-state index contributed by atoms with van der Waals surface area (Å²) in [6.07, 6.45) is 7.97. The third-order valence-corrected chi connectivity index (χ3v) is 3.04. The molecule has 20 heavy (non-hydrogen) atoms. The summed E-state index contributed by atoms with van der Waals surface area (Å²) in [6.45, 7) is 0. The molecule has 4 nitrogen and oxygen atoms in total. The van der Waals surface area contributed by atoms with Crippen molar-refractivity contribution in [1.29, 1.82) is 0 Å². The molecule has 2 heterocycles. The number of rotatable bonds is 3. The quantitative estimate of drug-likeness (QED) is 0.735. The SMILES string of the molecule is O=c1[nH]c2ncccc2c[n+]1C=CCc1ccccc1. The van der Waals surface area contributed by atoms with Crippen molar-refractivity contribution < 1.29 is 4.57 Å². The van der Waals surface area contributed by atoms with E-state index in [2.05, 4.69) is 22.1 Å². The fourth-order valence-corrected chi connectivity index (χ4v) is 2.03. The Morgan fingerprint density at radius 3 is 2.85 bits per heavy atom. The van der Waals surface area contributed by atoms with Crippen molar-refractivity contribution in [2.75, 3.05) is 0 Å². The van der Waals surface area contributed by atoms with Crippen LogP contribution in [0.5, 0.6) is 0 Å². The zero-order valence-electron chi connectivity index (χ0n) is 10.9. The molecule has 0 saturated carbocycles. The molecule has 4 heteroatoms. The summed E-state index contributed by atoms with van der Waals surface area (Å²) in [5, 5.41) is 0.900. The Morgan fingerprint density at radius 2 is 2.00 bits per heavy atom. The maximum absolute atomic E-state index is 11.9. The molecule has 0 saturated heterocycles. The monoisotopic (exact) mass is 264 g/mol. The molecule has 1 aromatic carbocycles. The predicted octanol–water partition coefficient (Wildman–Crippen LogP) is 1.92. The molecule has 0 fully saturated rings. The van der Waals surface area contributed by atoms with Gasteiger partial charge >= 0.3 is 5.69 Å².